The van der Waals surface area contributed by atoms with Gasteiger partial charge in [-0.3, -0.25) is 0 Å². The molecule has 0 aliphatic carbocycles. The van der Waals surface area contributed by atoms with Crippen LogP contribution in [0.25, 0.3) is 0 Å². The fourth-order valence-corrected chi connectivity index (χ4v) is 2.53. The summed E-state index contributed by atoms with van der Waals surface area (Å²) in [7, 11) is 0. The van der Waals surface area contributed by atoms with Crippen molar-refractivity contribution in [1.82, 2.24) is 0 Å². The molecular formula is C13H16Cl2O2. The van der Waals surface area contributed by atoms with Crippen molar-refractivity contribution in [2.45, 2.75) is 38.9 Å². The number of hydrogen-bond donors (Lipinski definition) is 0. The Kier molecular flexibility index (Phi) is 4.18. The Balaban J connectivity index is 2.11. The van der Waals surface area contributed by atoms with Gasteiger partial charge < -0.3 is 9.47 Å². The van der Waals surface area contributed by atoms with E-state index in [1.54, 1.807) is 6.07 Å². The van der Waals surface area contributed by atoms with Crippen molar-refractivity contribution in [2.24, 2.45) is 0 Å². The number of halogens is 2. The molecule has 1 fully saturated rings. The fraction of sp³-hybridized carbons (Fsp3) is 0.538. The first kappa shape index (κ1) is 13.0. The summed E-state index contributed by atoms with van der Waals surface area (Å²) in [5.41, 5.74) is 1.06. The molecule has 94 valence electrons. The fourth-order valence-electron chi connectivity index (χ4n) is 1.94. The predicted molar refractivity (Wildman–Crippen MR) is 70.3 cm³/mol. The molecule has 0 N–H and O–H groups in total. The van der Waals surface area contributed by atoms with E-state index >= 15 is 0 Å². The maximum absolute atomic E-state index is 6.13. The molecule has 0 saturated carbocycles. The molecule has 1 aromatic carbocycles. The Morgan fingerprint density at radius 1 is 1.35 bits per heavy atom. The lowest BCUT2D eigenvalue weighted by molar-refractivity contribution is 0.334. The zero-order valence-corrected chi connectivity index (χ0v) is 11.5. The molecule has 0 amide bonds. The smallest absolute Gasteiger partial charge is 0.141 e. The summed E-state index contributed by atoms with van der Waals surface area (Å²) in [4.78, 5) is 0. The van der Waals surface area contributed by atoms with Crippen LogP contribution in [0.5, 0.6) is 5.75 Å². The van der Waals surface area contributed by atoms with E-state index in [0.717, 1.165) is 24.2 Å². The van der Waals surface area contributed by atoms with Crippen LogP contribution >= 0.6 is 23.2 Å². The van der Waals surface area contributed by atoms with E-state index in [1.165, 1.54) is 0 Å². The zero-order chi connectivity index (χ0) is 12.4. The van der Waals surface area contributed by atoms with Crippen LogP contribution in [0.1, 0.15) is 25.8 Å². The Hall–Kier alpha value is -0.440. The summed E-state index contributed by atoms with van der Waals surface area (Å²) >= 11 is 12.1. The monoisotopic (exact) mass is 274 g/mol. The molecule has 2 nitrogen and oxygen atoms in total. The van der Waals surface area contributed by atoms with E-state index in [9.17, 15) is 0 Å². The molecule has 1 aliphatic heterocycles. The molecule has 2 atom stereocenters. The third kappa shape index (κ3) is 3.27. The van der Waals surface area contributed by atoms with Gasteiger partial charge in [0.2, 0.25) is 0 Å². The van der Waals surface area contributed by atoms with Crippen LogP contribution in [0.2, 0.25) is 10.0 Å². The maximum atomic E-state index is 6.13. The number of hydrogen-bond acceptors (Lipinski definition) is 2. The van der Waals surface area contributed by atoms with Gasteiger partial charge in [0, 0.05) is 5.02 Å². The predicted octanol–water partition coefficient (Wildman–Crippen LogP) is 4.11. The van der Waals surface area contributed by atoms with Crippen molar-refractivity contribution in [3.05, 3.63) is 27.7 Å². The molecule has 0 spiro atoms. The lowest BCUT2D eigenvalue weighted by Gasteiger charge is -2.12. The minimum atomic E-state index is 0.377. The molecule has 4 heteroatoms. The van der Waals surface area contributed by atoms with Crippen molar-refractivity contribution < 1.29 is 9.47 Å². The second-order valence-electron chi connectivity index (χ2n) is 4.23. The van der Waals surface area contributed by atoms with Gasteiger partial charge in [0.05, 0.1) is 23.8 Å². The minimum absolute atomic E-state index is 0.377. The van der Waals surface area contributed by atoms with E-state index in [4.69, 9.17) is 32.7 Å². The Morgan fingerprint density at radius 2 is 2.06 bits per heavy atom. The first-order valence-electron chi connectivity index (χ1n) is 5.88. The standard InChI is InChI=1S/C13H16Cl2O2/c1-3-16-13-9(4-5-12-8(2)17-12)6-10(14)7-11(13)15/h6-8,12H,3-5H2,1-2H3. The molecule has 0 aromatic heterocycles. The van der Waals surface area contributed by atoms with Crippen molar-refractivity contribution in [3.63, 3.8) is 0 Å². The van der Waals surface area contributed by atoms with Gasteiger partial charge in [-0.25, -0.2) is 0 Å². The van der Waals surface area contributed by atoms with Gasteiger partial charge in [0.1, 0.15) is 5.75 Å². The van der Waals surface area contributed by atoms with Crippen LogP contribution < -0.4 is 4.74 Å². The molecule has 17 heavy (non-hydrogen) atoms. The topological polar surface area (TPSA) is 21.8 Å². The number of rotatable bonds is 5. The molecule has 0 bridgehead atoms. The van der Waals surface area contributed by atoms with Gasteiger partial charge in [0.15, 0.2) is 0 Å². The van der Waals surface area contributed by atoms with E-state index < -0.39 is 0 Å². The van der Waals surface area contributed by atoms with E-state index in [-0.39, 0.29) is 0 Å². The average Bonchev–Trinajstić information content (AvgIpc) is 2.96. The highest BCUT2D eigenvalue weighted by Crippen LogP contribution is 2.35. The van der Waals surface area contributed by atoms with Crippen LogP contribution in [-0.4, -0.2) is 18.8 Å². The average molecular weight is 275 g/mol. The zero-order valence-electron chi connectivity index (χ0n) is 10.0. The van der Waals surface area contributed by atoms with Crippen molar-refractivity contribution in [2.75, 3.05) is 6.61 Å². The van der Waals surface area contributed by atoms with Crippen molar-refractivity contribution >= 4 is 23.2 Å². The van der Waals surface area contributed by atoms with Gasteiger partial charge in [-0.2, -0.15) is 0 Å². The quantitative estimate of drug-likeness (QED) is 0.754. The summed E-state index contributed by atoms with van der Waals surface area (Å²) in [6.45, 7) is 4.63. The van der Waals surface area contributed by atoms with E-state index in [0.29, 0.717) is 28.9 Å². The lowest BCUT2D eigenvalue weighted by atomic mass is 10.1. The summed E-state index contributed by atoms with van der Waals surface area (Å²) in [5, 5.41) is 1.23. The molecule has 1 heterocycles. The van der Waals surface area contributed by atoms with Crippen molar-refractivity contribution in [1.29, 1.82) is 0 Å². The van der Waals surface area contributed by atoms with Gasteiger partial charge in [-0.1, -0.05) is 23.2 Å². The van der Waals surface area contributed by atoms with Crippen LogP contribution in [0.3, 0.4) is 0 Å². The van der Waals surface area contributed by atoms with Crippen LogP contribution in [0.4, 0.5) is 0 Å². The molecule has 1 aliphatic rings. The van der Waals surface area contributed by atoms with Crippen LogP contribution in [0.15, 0.2) is 12.1 Å². The Morgan fingerprint density at radius 3 is 2.65 bits per heavy atom. The van der Waals surface area contributed by atoms with E-state index in [1.807, 2.05) is 13.0 Å². The van der Waals surface area contributed by atoms with Crippen molar-refractivity contribution in [3.8, 4) is 5.75 Å². The van der Waals surface area contributed by atoms with Gasteiger partial charge in [-0.05, 0) is 44.4 Å². The van der Waals surface area contributed by atoms with Crippen LogP contribution in [-0.2, 0) is 11.2 Å². The molecular weight excluding hydrogens is 259 g/mol. The van der Waals surface area contributed by atoms with Gasteiger partial charge in [0.25, 0.3) is 0 Å². The number of ether oxygens (including phenoxy) is 2. The SMILES string of the molecule is CCOc1c(Cl)cc(Cl)cc1CCC1OC1C. The summed E-state index contributed by atoms with van der Waals surface area (Å²) in [6, 6.07) is 3.64. The summed E-state index contributed by atoms with van der Waals surface area (Å²) in [6.07, 6.45) is 2.63. The Labute approximate surface area is 112 Å². The number of epoxide rings is 1. The van der Waals surface area contributed by atoms with Crippen LogP contribution in [0, 0.1) is 0 Å². The third-order valence-corrected chi connectivity index (χ3v) is 3.41. The lowest BCUT2D eigenvalue weighted by Crippen LogP contribution is -2.00. The maximum Gasteiger partial charge on any atom is 0.141 e. The second-order valence-corrected chi connectivity index (χ2v) is 5.07. The number of benzene rings is 1. The largest absolute Gasteiger partial charge is 0.492 e. The molecule has 2 unspecified atom stereocenters. The summed E-state index contributed by atoms with van der Waals surface area (Å²) < 4.78 is 11.0. The highest BCUT2D eigenvalue weighted by molar-refractivity contribution is 6.35. The minimum Gasteiger partial charge on any atom is -0.492 e. The van der Waals surface area contributed by atoms with Gasteiger partial charge >= 0.3 is 0 Å². The van der Waals surface area contributed by atoms with E-state index in [2.05, 4.69) is 6.92 Å². The first-order valence-corrected chi connectivity index (χ1v) is 6.63. The third-order valence-electron chi connectivity index (χ3n) is 2.91. The highest BCUT2D eigenvalue weighted by Gasteiger charge is 2.33. The molecule has 1 aromatic rings. The second kappa shape index (κ2) is 5.47. The summed E-state index contributed by atoms with van der Waals surface area (Å²) in [5.74, 6) is 0.756. The normalized spacial score (nSPS) is 22.6. The first-order chi connectivity index (χ1) is 8.11. The Bertz CT molecular complexity index is 407. The molecule has 0 radical (unpaired) electrons. The number of aryl methyl sites for hydroxylation is 1. The highest BCUT2D eigenvalue weighted by atomic mass is 35.5. The molecule has 1 saturated heterocycles. The van der Waals surface area contributed by atoms with Gasteiger partial charge in [-0.15, -0.1) is 0 Å². The molecule has 2 rings (SSSR count).